The smallest absolute Gasteiger partial charge is 0.323 e. The summed E-state index contributed by atoms with van der Waals surface area (Å²) in [7, 11) is 0. The largest absolute Gasteiger partial charge is 0.480 e. The number of ether oxygens (including phenoxy) is 1. The number of carbonyl (C=O) groups excluding carboxylic acids is 1. The van der Waals surface area contributed by atoms with Gasteiger partial charge in [0.2, 0.25) is 5.91 Å². The molecule has 3 rings (SSSR count). The molecule has 1 amide bonds. The number of aryl methyl sites for hydroxylation is 1. The van der Waals surface area contributed by atoms with Crippen molar-refractivity contribution in [2.75, 3.05) is 17.2 Å². The molecule has 0 aliphatic rings. The van der Waals surface area contributed by atoms with E-state index in [0.29, 0.717) is 29.4 Å². The predicted molar refractivity (Wildman–Crippen MR) is 125 cm³/mol. The van der Waals surface area contributed by atoms with E-state index < -0.39 is 18.4 Å². The highest BCUT2D eigenvalue weighted by molar-refractivity contribution is 7.80. The summed E-state index contributed by atoms with van der Waals surface area (Å²) < 4.78 is 5.85. The number of nitrogens with zero attached hydrogens (tertiary/aromatic N) is 1. The molecular formula is C25H25NO4S. The van der Waals surface area contributed by atoms with Gasteiger partial charge in [0.05, 0.1) is 0 Å². The van der Waals surface area contributed by atoms with E-state index in [2.05, 4.69) is 12.6 Å². The summed E-state index contributed by atoms with van der Waals surface area (Å²) in [6.07, 6.45) is 1.30. The van der Waals surface area contributed by atoms with E-state index in [1.54, 1.807) is 24.3 Å². The maximum absolute atomic E-state index is 13.3. The van der Waals surface area contributed by atoms with Crippen LogP contribution in [0.25, 0.3) is 0 Å². The Balaban J connectivity index is 1.79. The van der Waals surface area contributed by atoms with Crippen LogP contribution in [-0.2, 0) is 16.0 Å². The fraction of sp³-hybridized carbons (Fsp3) is 0.200. The average Bonchev–Trinajstić information content (AvgIpc) is 2.79. The summed E-state index contributed by atoms with van der Waals surface area (Å²) in [4.78, 5) is 26.1. The van der Waals surface area contributed by atoms with Crippen LogP contribution >= 0.6 is 12.6 Å². The molecule has 31 heavy (non-hydrogen) atoms. The van der Waals surface area contributed by atoms with Crippen molar-refractivity contribution in [3.8, 4) is 11.5 Å². The van der Waals surface area contributed by atoms with Gasteiger partial charge in [-0.25, -0.2) is 0 Å². The minimum Gasteiger partial charge on any atom is -0.480 e. The second kappa shape index (κ2) is 11.2. The van der Waals surface area contributed by atoms with E-state index in [4.69, 9.17) is 4.74 Å². The number of carboxylic acids is 1. The Hall–Kier alpha value is -3.25. The molecule has 5 nitrogen and oxygen atoms in total. The topological polar surface area (TPSA) is 66.8 Å². The number of carboxylic acid groups (broad SMARTS) is 1. The molecular weight excluding hydrogens is 410 g/mol. The first-order chi connectivity index (χ1) is 15.1. The third-order valence-electron chi connectivity index (χ3n) is 4.86. The molecule has 3 aromatic carbocycles. The van der Waals surface area contributed by atoms with Gasteiger partial charge in [-0.3, -0.25) is 9.59 Å². The van der Waals surface area contributed by atoms with E-state index in [-0.39, 0.29) is 5.91 Å². The van der Waals surface area contributed by atoms with Crippen molar-refractivity contribution in [2.45, 2.75) is 12.8 Å². The zero-order chi connectivity index (χ0) is 22.1. The maximum Gasteiger partial charge on any atom is 0.323 e. The van der Waals surface area contributed by atoms with Crippen LogP contribution < -0.4 is 9.64 Å². The number of hydrogen-bond donors (Lipinski definition) is 2. The Morgan fingerprint density at radius 2 is 1.55 bits per heavy atom. The highest BCUT2D eigenvalue weighted by atomic mass is 32.1. The van der Waals surface area contributed by atoms with Crippen LogP contribution in [0.1, 0.15) is 12.0 Å². The van der Waals surface area contributed by atoms with Gasteiger partial charge in [0.15, 0.2) is 0 Å². The molecule has 0 heterocycles. The first-order valence-electron chi connectivity index (χ1n) is 10.1. The maximum atomic E-state index is 13.3. The summed E-state index contributed by atoms with van der Waals surface area (Å²) in [6, 6.07) is 26.1. The molecule has 3 aromatic rings. The lowest BCUT2D eigenvalue weighted by Crippen LogP contribution is -2.40. The number of thiol groups is 1. The van der Waals surface area contributed by atoms with Crippen LogP contribution in [0.4, 0.5) is 5.69 Å². The van der Waals surface area contributed by atoms with Crippen LogP contribution in [0, 0.1) is 5.92 Å². The molecule has 160 valence electrons. The lowest BCUT2D eigenvalue weighted by Gasteiger charge is -2.26. The van der Waals surface area contributed by atoms with Crippen molar-refractivity contribution in [1.82, 2.24) is 0 Å². The average molecular weight is 436 g/mol. The molecule has 0 aliphatic heterocycles. The van der Waals surface area contributed by atoms with Gasteiger partial charge < -0.3 is 14.7 Å². The van der Waals surface area contributed by atoms with E-state index in [1.165, 1.54) is 4.90 Å². The number of benzene rings is 3. The minimum atomic E-state index is -1.08. The summed E-state index contributed by atoms with van der Waals surface area (Å²) in [6.45, 7) is -0.427. The van der Waals surface area contributed by atoms with Crippen LogP contribution in [0.5, 0.6) is 11.5 Å². The van der Waals surface area contributed by atoms with E-state index in [0.717, 1.165) is 12.0 Å². The molecule has 1 N–H and O–H groups in total. The summed E-state index contributed by atoms with van der Waals surface area (Å²) in [5, 5.41) is 9.42. The molecule has 0 aliphatic carbocycles. The van der Waals surface area contributed by atoms with Gasteiger partial charge in [-0.15, -0.1) is 0 Å². The van der Waals surface area contributed by atoms with Gasteiger partial charge in [0, 0.05) is 23.4 Å². The standard InChI is InChI=1S/C25H25NO4S/c27-24(28)17-26(25(29)20(18-31)15-14-19-8-3-1-4-9-19)21-10-7-13-23(16-21)30-22-11-5-2-6-12-22/h1-13,16,20,31H,14-15,17-18H2,(H,27,28). The normalized spacial score (nSPS) is 11.5. The first kappa shape index (κ1) is 22.4. The molecule has 1 unspecified atom stereocenters. The van der Waals surface area contributed by atoms with Crippen molar-refractivity contribution in [3.05, 3.63) is 90.5 Å². The number of rotatable bonds is 10. The fourth-order valence-electron chi connectivity index (χ4n) is 3.27. The Labute approximate surface area is 187 Å². The summed E-state index contributed by atoms with van der Waals surface area (Å²) in [5.41, 5.74) is 1.61. The molecule has 1 atom stereocenters. The van der Waals surface area contributed by atoms with Gasteiger partial charge in [0.1, 0.15) is 18.0 Å². The van der Waals surface area contributed by atoms with Crippen molar-refractivity contribution in [3.63, 3.8) is 0 Å². The van der Waals surface area contributed by atoms with Gasteiger partial charge >= 0.3 is 5.97 Å². The van der Waals surface area contributed by atoms with Gasteiger partial charge in [-0.2, -0.15) is 12.6 Å². The predicted octanol–water partition coefficient (Wildman–Crippen LogP) is 5.08. The second-order valence-electron chi connectivity index (χ2n) is 7.13. The first-order valence-corrected chi connectivity index (χ1v) is 10.7. The van der Waals surface area contributed by atoms with Gasteiger partial charge in [0.25, 0.3) is 0 Å². The lowest BCUT2D eigenvalue weighted by atomic mass is 9.99. The van der Waals surface area contributed by atoms with Crippen molar-refractivity contribution in [2.24, 2.45) is 5.92 Å². The molecule has 0 saturated heterocycles. The van der Waals surface area contributed by atoms with Crippen LogP contribution in [0.2, 0.25) is 0 Å². The Kier molecular flexibility index (Phi) is 8.12. The molecule has 0 spiro atoms. The molecule has 0 fully saturated rings. The zero-order valence-corrected chi connectivity index (χ0v) is 17.9. The summed E-state index contributed by atoms with van der Waals surface area (Å²) >= 11 is 4.37. The highest BCUT2D eigenvalue weighted by Crippen LogP contribution is 2.27. The minimum absolute atomic E-state index is 0.259. The molecule has 6 heteroatoms. The Morgan fingerprint density at radius 3 is 2.19 bits per heavy atom. The third kappa shape index (κ3) is 6.62. The summed E-state index contributed by atoms with van der Waals surface area (Å²) in [5.74, 6) is -0.219. The van der Waals surface area contributed by atoms with E-state index in [1.807, 2.05) is 60.7 Å². The number of para-hydroxylation sites is 1. The highest BCUT2D eigenvalue weighted by Gasteiger charge is 2.26. The third-order valence-corrected chi connectivity index (χ3v) is 5.30. The van der Waals surface area contributed by atoms with Crippen molar-refractivity contribution >= 4 is 30.2 Å². The molecule has 0 radical (unpaired) electrons. The number of carbonyl (C=O) groups is 2. The quantitative estimate of drug-likeness (QED) is 0.436. The van der Waals surface area contributed by atoms with E-state index in [9.17, 15) is 14.7 Å². The molecule has 0 aromatic heterocycles. The van der Waals surface area contributed by atoms with Crippen LogP contribution in [-0.4, -0.2) is 29.3 Å². The van der Waals surface area contributed by atoms with Gasteiger partial charge in [-0.1, -0.05) is 54.6 Å². The van der Waals surface area contributed by atoms with Crippen molar-refractivity contribution < 1.29 is 19.4 Å². The van der Waals surface area contributed by atoms with E-state index >= 15 is 0 Å². The Bertz CT molecular complexity index is 995. The van der Waals surface area contributed by atoms with Crippen LogP contribution in [0.3, 0.4) is 0 Å². The van der Waals surface area contributed by atoms with Crippen molar-refractivity contribution in [1.29, 1.82) is 0 Å². The fourth-order valence-corrected chi connectivity index (χ4v) is 3.61. The zero-order valence-electron chi connectivity index (χ0n) is 17.1. The number of hydrogen-bond acceptors (Lipinski definition) is 4. The molecule has 0 bridgehead atoms. The van der Waals surface area contributed by atoms with Crippen LogP contribution in [0.15, 0.2) is 84.9 Å². The second-order valence-corrected chi connectivity index (χ2v) is 7.50. The monoisotopic (exact) mass is 435 g/mol. The molecule has 0 saturated carbocycles. The Morgan fingerprint density at radius 1 is 0.903 bits per heavy atom. The SMILES string of the molecule is O=C(O)CN(C(=O)C(CS)CCc1ccccc1)c1cccc(Oc2ccccc2)c1. The van der Waals surface area contributed by atoms with Gasteiger partial charge in [-0.05, 0) is 42.7 Å². The lowest BCUT2D eigenvalue weighted by molar-refractivity contribution is -0.137. The number of aliphatic carboxylic acids is 1. The number of amides is 1. The number of anilines is 1.